The zero-order valence-corrected chi connectivity index (χ0v) is 14.9. The number of methoxy groups -OCH3 is 1. The molecular formula is C20H23NO4. The first-order chi connectivity index (χ1) is 12.2. The number of fused-ring (bicyclic) bond motifs is 1. The second-order valence-electron chi connectivity index (χ2n) is 5.84. The molecule has 0 N–H and O–H groups in total. The third kappa shape index (κ3) is 3.55. The lowest BCUT2D eigenvalue weighted by atomic mass is 9.88. The maximum Gasteiger partial charge on any atom is 0.339 e. The Hall–Kier alpha value is -2.69. The predicted octanol–water partition coefficient (Wildman–Crippen LogP) is 3.23. The van der Waals surface area contributed by atoms with Crippen LogP contribution in [0.5, 0.6) is 5.75 Å². The third-order valence-electron chi connectivity index (χ3n) is 4.23. The van der Waals surface area contributed by atoms with Crippen LogP contribution in [-0.2, 0) is 14.3 Å². The number of carbonyl (C=O) groups excluding carboxylic acids is 1. The van der Waals surface area contributed by atoms with E-state index < -0.39 is 0 Å². The van der Waals surface area contributed by atoms with Crippen molar-refractivity contribution in [3.63, 3.8) is 0 Å². The first-order valence-corrected chi connectivity index (χ1v) is 8.50. The van der Waals surface area contributed by atoms with Gasteiger partial charge in [0.1, 0.15) is 11.5 Å². The fourth-order valence-electron chi connectivity index (χ4n) is 2.99. The summed E-state index contributed by atoms with van der Waals surface area (Å²) < 4.78 is 16.0. The van der Waals surface area contributed by atoms with Crippen LogP contribution in [0.1, 0.15) is 25.0 Å². The summed E-state index contributed by atoms with van der Waals surface area (Å²) in [6, 6.07) is 6.07. The molecule has 0 amide bonds. The van der Waals surface area contributed by atoms with Crippen LogP contribution >= 0.6 is 0 Å². The van der Waals surface area contributed by atoms with Gasteiger partial charge < -0.3 is 19.1 Å². The molecule has 0 radical (unpaired) electrons. The SMILES string of the molecule is CCOC(=O)C1=C(OCC)C=CN(CC2=Cc3ccc(OC)cc32)C1. The minimum absolute atomic E-state index is 0.315. The van der Waals surface area contributed by atoms with Crippen molar-refractivity contribution in [1.29, 1.82) is 0 Å². The highest BCUT2D eigenvalue weighted by atomic mass is 16.5. The van der Waals surface area contributed by atoms with Gasteiger partial charge in [0.15, 0.2) is 0 Å². The number of benzene rings is 1. The topological polar surface area (TPSA) is 48.0 Å². The average molecular weight is 341 g/mol. The fourth-order valence-corrected chi connectivity index (χ4v) is 2.99. The van der Waals surface area contributed by atoms with Gasteiger partial charge in [-0.3, -0.25) is 0 Å². The van der Waals surface area contributed by atoms with E-state index in [0.717, 1.165) is 12.3 Å². The zero-order chi connectivity index (χ0) is 17.8. The van der Waals surface area contributed by atoms with E-state index in [1.807, 2.05) is 31.3 Å². The molecule has 25 heavy (non-hydrogen) atoms. The van der Waals surface area contributed by atoms with Crippen molar-refractivity contribution >= 4 is 17.6 Å². The van der Waals surface area contributed by atoms with Crippen LogP contribution in [0.4, 0.5) is 0 Å². The second-order valence-corrected chi connectivity index (χ2v) is 5.84. The third-order valence-corrected chi connectivity index (χ3v) is 4.23. The highest BCUT2D eigenvalue weighted by Crippen LogP contribution is 2.36. The van der Waals surface area contributed by atoms with Crippen LogP contribution in [0.2, 0.25) is 0 Å². The first-order valence-electron chi connectivity index (χ1n) is 8.50. The largest absolute Gasteiger partial charge is 0.497 e. The average Bonchev–Trinajstić information content (AvgIpc) is 2.61. The molecule has 0 atom stereocenters. The van der Waals surface area contributed by atoms with E-state index in [1.54, 1.807) is 14.0 Å². The van der Waals surface area contributed by atoms with Crippen molar-refractivity contribution in [3.8, 4) is 5.75 Å². The Labute approximate surface area is 148 Å². The summed E-state index contributed by atoms with van der Waals surface area (Å²) in [5, 5.41) is 0. The lowest BCUT2D eigenvalue weighted by molar-refractivity contribution is -0.139. The number of ether oxygens (including phenoxy) is 3. The molecule has 5 heteroatoms. The number of hydrogen-bond acceptors (Lipinski definition) is 5. The van der Waals surface area contributed by atoms with Crippen LogP contribution in [-0.4, -0.2) is 44.3 Å². The monoisotopic (exact) mass is 341 g/mol. The van der Waals surface area contributed by atoms with Gasteiger partial charge in [-0.15, -0.1) is 0 Å². The summed E-state index contributed by atoms with van der Waals surface area (Å²) in [6.45, 7) is 5.77. The van der Waals surface area contributed by atoms with Gasteiger partial charge in [-0.25, -0.2) is 4.79 Å². The number of rotatable bonds is 7. The normalized spacial score (nSPS) is 15.3. The van der Waals surface area contributed by atoms with E-state index in [2.05, 4.69) is 17.0 Å². The lowest BCUT2D eigenvalue weighted by Crippen LogP contribution is -2.30. The molecule has 1 heterocycles. The van der Waals surface area contributed by atoms with Crippen molar-refractivity contribution in [2.75, 3.05) is 33.4 Å². The van der Waals surface area contributed by atoms with Crippen molar-refractivity contribution in [2.45, 2.75) is 13.8 Å². The number of esters is 1. The molecule has 1 aromatic rings. The van der Waals surface area contributed by atoms with Crippen LogP contribution in [0, 0.1) is 0 Å². The van der Waals surface area contributed by atoms with Gasteiger partial charge in [-0.05, 0) is 54.8 Å². The summed E-state index contributed by atoms with van der Waals surface area (Å²) >= 11 is 0. The Balaban J connectivity index is 1.71. The zero-order valence-electron chi connectivity index (χ0n) is 14.9. The molecule has 0 aromatic heterocycles. The van der Waals surface area contributed by atoms with Gasteiger partial charge in [0.25, 0.3) is 0 Å². The van der Waals surface area contributed by atoms with Gasteiger partial charge in [-0.1, -0.05) is 6.07 Å². The Morgan fingerprint density at radius 2 is 2.08 bits per heavy atom. The molecule has 0 bridgehead atoms. The molecule has 0 saturated heterocycles. The summed E-state index contributed by atoms with van der Waals surface area (Å²) in [4.78, 5) is 14.3. The molecular weight excluding hydrogens is 318 g/mol. The second kappa shape index (κ2) is 7.47. The van der Waals surface area contributed by atoms with Gasteiger partial charge in [0.05, 0.1) is 32.4 Å². The van der Waals surface area contributed by atoms with Gasteiger partial charge in [0, 0.05) is 12.7 Å². The van der Waals surface area contributed by atoms with E-state index in [1.165, 1.54) is 16.7 Å². The number of carbonyl (C=O) groups is 1. The summed E-state index contributed by atoms with van der Waals surface area (Å²) in [7, 11) is 1.67. The summed E-state index contributed by atoms with van der Waals surface area (Å²) in [6.07, 6.45) is 5.96. The van der Waals surface area contributed by atoms with Crippen molar-refractivity contribution in [2.24, 2.45) is 0 Å². The molecule has 0 unspecified atom stereocenters. The molecule has 0 saturated carbocycles. The van der Waals surface area contributed by atoms with Crippen LogP contribution in [0.3, 0.4) is 0 Å². The highest BCUT2D eigenvalue weighted by molar-refractivity contribution is 5.97. The number of nitrogens with zero attached hydrogens (tertiary/aromatic N) is 1. The molecule has 5 nitrogen and oxygen atoms in total. The van der Waals surface area contributed by atoms with E-state index in [0.29, 0.717) is 31.1 Å². The maximum absolute atomic E-state index is 12.2. The molecule has 2 aliphatic rings. The summed E-state index contributed by atoms with van der Waals surface area (Å²) in [5.74, 6) is 1.14. The fraction of sp³-hybridized carbons (Fsp3) is 0.350. The van der Waals surface area contributed by atoms with E-state index in [4.69, 9.17) is 14.2 Å². The summed E-state index contributed by atoms with van der Waals surface area (Å²) in [5.41, 5.74) is 4.21. The Kier molecular flexibility index (Phi) is 5.12. The van der Waals surface area contributed by atoms with Crippen LogP contribution in [0.15, 0.2) is 41.8 Å². The van der Waals surface area contributed by atoms with Gasteiger partial charge in [-0.2, -0.15) is 0 Å². The van der Waals surface area contributed by atoms with Crippen molar-refractivity contribution in [3.05, 3.63) is 52.9 Å². The Morgan fingerprint density at radius 3 is 2.80 bits per heavy atom. The lowest BCUT2D eigenvalue weighted by Gasteiger charge is -2.30. The minimum Gasteiger partial charge on any atom is -0.497 e. The molecule has 132 valence electrons. The van der Waals surface area contributed by atoms with Gasteiger partial charge >= 0.3 is 5.97 Å². The van der Waals surface area contributed by atoms with E-state index >= 15 is 0 Å². The van der Waals surface area contributed by atoms with E-state index in [-0.39, 0.29) is 5.97 Å². The molecule has 1 aliphatic carbocycles. The molecule has 1 aliphatic heterocycles. The quantitative estimate of drug-likeness (QED) is 0.713. The maximum atomic E-state index is 12.2. The molecule has 1 aromatic carbocycles. The highest BCUT2D eigenvalue weighted by Gasteiger charge is 2.25. The van der Waals surface area contributed by atoms with Crippen molar-refractivity contribution in [1.82, 2.24) is 4.90 Å². The molecule has 0 spiro atoms. The van der Waals surface area contributed by atoms with E-state index in [9.17, 15) is 4.79 Å². The number of allylic oxidation sites excluding steroid dienone is 1. The number of hydrogen-bond donors (Lipinski definition) is 0. The predicted molar refractivity (Wildman–Crippen MR) is 96.9 cm³/mol. The van der Waals surface area contributed by atoms with Crippen LogP contribution in [0.25, 0.3) is 11.6 Å². The van der Waals surface area contributed by atoms with Crippen LogP contribution < -0.4 is 4.74 Å². The van der Waals surface area contributed by atoms with Crippen molar-refractivity contribution < 1.29 is 19.0 Å². The first kappa shape index (κ1) is 17.1. The van der Waals surface area contributed by atoms with Gasteiger partial charge in [0.2, 0.25) is 0 Å². The smallest absolute Gasteiger partial charge is 0.339 e. The minimum atomic E-state index is -0.315. The standard InChI is InChI=1S/C20H23NO4/c1-4-24-19-8-9-21(13-18(19)20(22)25-5-2)12-15-10-14-6-7-16(23-3)11-17(14)15/h6-11H,4-5,12-13H2,1-3H3. The molecule has 3 rings (SSSR count). The Morgan fingerprint density at radius 1 is 1.24 bits per heavy atom. The Bertz CT molecular complexity index is 761. The molecule has 0 fully saturated rings.